The fourth-order valence-electron chi connectivity index (χ4n) is 2.86. The Bertz CT molecular complexity index is 428. The first-order chi connectivity index (χ1) is 8.87. The van der Waals surface area contributed by atoms with Crippen LogP contribution in [-0.2, 0) is 9.84 Å². The van der Waals surface area contributed by atoms with Gasteiger partial charge in [-0.3, -0.25) is 0 Å². The summed E-state index contributed by atoms with van der Waals surface area (Å²) in [6.07, 6.45) is 0.826. The Labute approximate surface area is 121 Å². The van der Waals surface area contributed by atoms with Gasteiger partial charge in [0.15, 0.2) is 14.9 Å². The van der Waals surface area contributed by atoms with E-state index in [4.69, 9.17) is 12.2 Å². The molecule has 110 valence electrons. The summed E-state index contributed by atoms with van der Waals surface area (Å²) in [5.74, 6) is 0.745. The highest BCUT2D eigenvalue weighted by atomic mass is 32.2. The largest absolute Gasteiger partial charge is 0.360 e. The van der Waals surface area contributed by atoms with Crippen molar-refractivity contribution in [3.05, 3.63) is 0 Å². The van der Waals surface area contributed by atoms with Gasteiger partial charge in [0.05, 0.1) is 31.9 Å². The van der Waals surface area contributed by atoms with E-state index >= 15 is 0 Å². The predicted molar refractivity (Wildman–Crippen MR) is 80.2 cm³/mol. The number of hydrogen-bond acceptors (Lipinski definition) is 3. The highest BCUT2D eigenvalue weighted by Crippen LogP contribution is 2.09. The first-order valence-corrected chi connectivity index (χ1v) is 9.21. The maximum Gasteiger partial charge on any atom is 0.169 e. The van der Waals surface area contributed by atoms with Crippen LogP contribution in [0.1, 0.15) is 20.3 Å². The van der Waals surface area contributed by atoms with Crippen molar-refractivity contribution in [3.8, 4) is 0 Å². The van der Waals surface area contributed by atoms with Crippen molar-refractivity contribution in [3.63, 3.8) is 0 Å². The Kier molecular flexibility index (Phi) is 4.68. The molecule has 2 heterocycles. The van der Waals surface area contributed by atoms with Gasteiger partial charge in [-0.15, -0.1) is 0 Å². The molecule has 0 aromatic rings. The predicted octanol–water partition coefficient (Wildman–Crippen LogP) is -1.34. The van der Waals surface area contributed by atoms with E-state index in [0.717, 1.165) is 37.7 Å². The smallest absolute Gasteiger partial charge is 0.169 e. The summed E-state index contributed by atoms with van der Waals surface area (Å²) in [7, 11) is -2.76. The average Bonchev–Trinajstić information content (AvgIpc) is 2.69. The zero-order valence-electron chi connectivity index (χ0n) is 11.7. The summed E-state index contributed by atoms with van der Waals surface area (Å²) in [5, 5.41) is 4.09. The zero-order chi connectivity index (χ0) is 14.0. The van der Waals surface area contributed by atoms with E-state index in [1.807, 2.05) is 0 Å². The van der Waals surface area contributed by atoms with E-state index in [1.165, 1.54) is 4.90 Å². The molecule has 0 unspecified atom stereocenters. The minimum atomic E-state index is -2.76. The molecule has 19 heavy (non-hydrogen) atoms. The quantitative estimate of drug-likeness (QED) is 0.618. The molecule has 0 spiro atoms. The number of piperazine rings is 1. The van der Waals surface area contributed by atoms with E-state index in [2.05, 4.69) is 24.1 Å². The lowest BCUT2D eigenvalue weighted by atomic mass is 10.2. The maximum absolute atomic E-state index is 11.5. The molecule has 0 aromatic carbocycles. The van der Waals surface area contributed by atoms with Crippen LogP contribution in [0.25, 0.3) is 0 Å². The second kappa shape index (κ2) is 5.93. The molecule has 0 aromatic heterocycles. The molecule has 0 amide bonds. The van der Waals surface area contributed by atoms with Crippen molar-refractivity contribution in [1.29, 1.82) is 0 Å². The van der Waals surface area contributed by atoms with Crippen LogP contribution in [0.2, 0.25) is 0 Å². The number of quaternary nitrogens is 1. The summed E-state index contributed by atoms with van der Waals surface area (Å²) >= 11 is 5.37. The summed E-state index contributed by atoms with van der Waals surface area (Å²) in [5.41, 5.74) is 0. The molecule has 0 radical (unpaired) electrons. The van der Waals surface area contributed by atoms with Gasteiger partial charge >= 0.3 is 0 Å². The zero-order valence-corrected chi connectivity index (χ0v) is 13.3. The van der Waals surface area contributed by atoms with Gasteiger partial charge in [-0.2, -0.15) is 0 Å². The Morgan fingerprint density at radius 3 is 2.47 bits per heavy atom. The Morgan fingerprint density at radius 2 is 2.00 bits per heavy atom. The Balaban J connectivity index is 1.81. The van der Waals surface area contributed by atoms with Gasteiger partial charge in [0.2, 0.25) is 0 Å². The number of hydrogen-bond donors (Lipinski definition) is 2. The maximum atomic E-state index is 11.5. The molecular weight excluding hydrogens is 282 g/mol. The Morgan fingerprint density at radius 1 is 1.37 bits per heavy atom. The molecule has 1 atom stereocenters. The molecule has 2 aliphatic heterocycles. The van der Waals surface area contributed by atoms with E-state index in [0.29, 0.717) is 23.6 Å². The third-order valence-corrected chi connectivity index (χ3v) is 6.06. The van der Waals surface area contributed by atoms with Crippen molar-refractivity contribution in [2.75, 3.05) is 37.7 Å². The number of sulfone groups is 1. The first-order valence-electron chi connectivity index (χ1n) is 6.98. The van der Waals surface area contributed by atoms with Crippen LogP contribution in [0.4, 0.5) is 0 Å². The van der Waals surface area contributed by atoms with E-state index in [1.54, 1.807) is 0 Å². The number of nitrogens with one attached hydrogen (secondary N) is 2. The van der Waals surface area contributed by atoms with Gasteiger partial charge in [0, 0.05) is 12.5 Å². The molecule has 0 bridgehead atoms. The van der Waals surface area contributed by atoms with Crippen LogP contribution in [0.5, 0.6) is 0 Å². The SMILES string of the molecule is CC(C)NC(=S)N1CC[NH+]([C@@H]2CCS(=O)(=O)C2)CC1. The van der Waals surface area contributed by atoms with Crippen molar-refractivity contribution in [1.82, 2.24) is 10.2 Å². The van der Waals surface area contributed by atoms with Gasteiger partial charge in [0.1, 0.15) is 11.8 Å². The number of thiocarbonyl (C=S) groups is 1. The Hall–Kier alpha value is -0.400. The first kappa shape index (κ1) is 15.0. The molecule has 7 heteroatoms. The molecule has 0 saturated carbocycles. The lowest BCUT2D eigenvalue weighted by Crippen LogP contribution is -3.18. The van der Waals surface area contributed by atoms with Crippen molar-refractivity contribution in [2.45, 2.75) is 32.4 Å². The van der Waals surface area contributed by atoms with Crippen LogP contribution < -0.4 is 10.2 Å². The van der Waals surface area contributed by atoms with Crippen LogP contribution >= 0.6 is 12.2 Å². The van der Waals surface area contributed by atoms with Crippen molar-refractivity contribution < 1.29 is 13.3 Å². The van der Waals surface area contributed by atoms with Crippen LogP contribution in [0.15, 0.2) is 0 Å². The van der Waals surface area contributed by atoms with E-state index in [9.17, 15) is 8.42 Å². The van der Waals surface area contributed by atoms with Crippen LogP contribution in [-0.4, -0.2) is 68.2 Å². The molecule has 2 saturated heterocycles. The summed E-state index contributed by atoms with van der Waals surface area (Å²) in [4.78, 5) is 3.63. The van der Waals surface area contributed by atoms with Gasteiger partial charge in [-0.05, 0) is 26.1 Å². The minimum Gasteiger partial charge on any atom is -0.360 e. The van der Waals surface area contributed by atoms with Crippen molar-refractivity contribution in [2.24, 2.45) is 0 Å². The topological polar surface area (TPSA) is 53.9 Å². The molecule has 0 aliphatic carbocycles. The molecule has 2 aliphatic rings. The third-order valence-electron chi connectivity index (χ3n) is 3.91. The van der Waals surface area contributed by atoms with E-state index < -0.39 is 9.84 Å². The fourth-order valence-corrected chi connectivity index (χ4v) is 5.10. The fraction of sp³-hybridized carbons (Fsp3) is 0.917. The second-order valence-corrected chi connectivity index (χ2v) is 8.46. The summed E-state index contributed by atoms with van der Waals surface area (Å²) in [6, 6.07) is 0.664. The molecule has 5 nitrogen and oxygen atoms in total. The monoisotopic (exact) mass is 306 g/mol. The normalized spacial score (nSPS) is 27.7. The highest BCUT2D eigenvalue weighted by Gasteiger charge is 2.37. The second-order valence-electron chi connectivity index (χ2n) is 5.85. The average molecular weight is 306 g/mol. The summed E-state index contributed by atoms with van der Waals surface area (Å²) in [6.45, 7) is 7.98. The minimum absolute atomic E-state index is 0.304. The molecule has 2 N–H and O–H groups in total. The third kappa shape index (κ3) is 4.03. The van der Waals surface area contributed by atoms with Crippen molar-refractivity contribution >= 4 is 27.2 Å². The highest BCUT2D eigenvalue weighted by molar-refractivity contribution is 7.91. The molecular formula is C12H24N3O2S2+. The van der Waals surface area contributed by atoms with Gasteiger partial charge in [-0.1, -0.05) is 0 Å². The van der Waals surface area contributed by atoms with Crippen LogP contribution in [0.3, 0.4) is 0 Å². The lowest BCUT2D eigenvalue weighted by Gasteiger charge is -2.36. The standard InChI is InChI=1S/C12H23N3O2S2/c1-10(2)13-12(18)15-6-4-14(5-7-15)11-3-8-19(16,17)9-11/h10-11H,3-9H2,1-2H3,(H,13,18)/p+1/t11-/m1/s1. The number of nitrogens with zero attached hydrogens (tertiary/aromatic N) is 1. The summed E-state index contributed by atoms with van der Waals surface area (Å²) < 4.78 is 23.0. The molecule has 2 fully saturated rings. The van der Waals surface area contributed by atoms with Gasteiger partial charge in [0.25, 0.3) is 0 Å². The lowest BCUT2D eigenvalue weighted by molar-refractivity contribution is -0.925. The van der Waals surface area contributed by atoms with E-state index in [-0.39, 0.29) is 0 Å². The molecule has 2 rings (SSSR count). The van der Waals surface area contributed by atoms with Gasteiger partial charge < -0.3 is 15.1 Å². The number of rotatable bonds is 2. The van der Waals surface area contributed by atoms with Gasteiger partial charge in [-0.25, -0.2) is 8.42 Å². The van der Waals surface area contributed by atoms with Crippen LogP contribution in [0, 0.1) is 0 Å².